The first kappa shape index (κ1) is 17.3. The molecule has 0 radical (unpaired) electrons. The molecule has 1 aromatic carbocycles. The van der Waals surface area contributed by atoms with Gasteiger partial charge in [-0.3, -0.25) is 0 Å². The smallest absolute Gasteiger partial charge is 0.316 e. The van der Waals surface area contributed by atoms with Gasteiger partial charge in [0.2, 0.25) is 0 Å². The molecule has 1 N–H and O–H groups in total. The van der Waals surface area contributed by atoms with Crippen LogP contribution in [0.3, 0.4) is 0 Å². The van der Waals surface area contributed by atoms with Crippen LogP contribution >= 0.6 is 15.9 Å². The van der Waals surface area contributed by atoms with Crippen molar-refractivity contribution in [3.63, 3.8) is 0 Å². The van der Waals surface area contributed by atoms with Crippen LogP contribution in [0.1, 0.15) is 5.56 Å². The molecule has 0 saturated carbocycles. The lowest BCUT2D eigenvalue weighted by molar-refractivity contribution is -0.291. The molecule has 114 valence electrons. The van der Waals surface area contributed by atoms with Crippen molar-refractivity contribution in [2.75, 3.05) is 7.05 Å². The van der Waals surface area contributed by atoms with E-state index < -0.39 is 24.3 Å². The maximum Gasteiger partial charge on any atom is 0.402 e. The molecule has 0 aliphatic heterocycles. The number of rotatable bonds is 4. The van der Waals surface area contributed by atoms with Crippen LogP contribution in [0.15, 0.2) is 28.7 Å². The molecule has 0 amide bonds. The maximum atomic E-state index is 12.7. The summed E-state index contributed by atoms with van der Waals surface area (Å²) in [4.78, 5) is 0. The first-order valence-corrected chi connectivity index (χ1v) is 6.40. The fourth-order valence-corrected chi connectivity index (χ4v) is 2.39. The van der Waals surface area contributed by atoms with Crippen molar-refractivity contribution in [3.8, 4) is 0 Å². The molecule has 0 aliphatic carbocycles. The van der Waals surface area contributed by atoms with Gasteiger partial charge >= 0.3 is 12.4 Å². The third kappa shape index (κ3) is 4.66. The topological polar surface area (TPSA) is 12.0 Å². The van der Waals surface area contributed by atoms with E-state index in [1.54, 1.807) is 12.1 Å². The molecular formula is C12H12BrF6N. The molecule has 20 heavy (non-hydrogen) atoms. The van der Waals surface area contributed by atoms with E-state index in [2.05, 4.69) is 21.2 Å². The molecule has 0 aliphatic rings. The zero-order valence-corrected chi connectivity index (χ0v) is 11.9. The number of alkyl halides is 6. The van der Waals surface area contributed by atoms with Gasteiger partial charge in [-0.25, -0.2) is 0 Å². The summed E-state index contributed by atoms with van der Waals surface area (Å²) >= 11 is 3.13. The van der Waals surface area contributed by atoms with Crippen molar-refractivity contribution in [3.05, 3.63) is 34.3 Å². The van der Waals surface area contributed by atoms with Gasteiger partial charge in [-0.1, -0.05) is 28.1 Å². The van der Waals surface area contributed by atoms with Gasteiger partial charge in [0.25, 0.3) is 0 Å². The van der Waals surface area contributed by atoms with Crippen LogP contribution in [0, 0.1) is 5.92 Å². The van der Waals surface area contributed by atoms with Gasteiger partial charge < -0.3 is 5.32 Å². The van der Waals surface area contributed by atoms with Gasteiger partial charge in [-0.2, -0.15) is 26.3 Å². The zero-order chi connectivity index (χ0) is 15.6. The Labute approximate surface area is 120 Å². The number of halogens is 7. The Morgan fingerprint density at radius 1 is 1.10 bits per heavy atom. The van der Waals surface area contributed by atoms with Gasteiger partial charge in [0.1, 0.15) is 0 Å². The average Bonchev–Trinajstić information content (AvgIpc) is 2.24. The summed E-state index contributed by atoms with van der Waals surface area (Å²) in [6.45, 7) is 0. The van der Waals surface area contributed by atoms with E-state index in [1.165, 1.54) is 12.1 Å². The van der Waals surface area contributed by atoms with Crippen molar-refractivity contribution in [2.45, 2.75) is 24.8 Å². The highest BCUT2D eigenvalue weighted by Crippen LogP contribution is 2.42. The maximum absolute atomic E-state index is 12.7. The second-order valence-corrected chi connectivity index (χ2v) is 5.21. The quantitative estimate of drug-likeness (QED) is 0.785. The van der Waals surface area contributed by atoms with E-state index in [0.29, 0.717) is 10.0 Å². The summed E-state index contributed by atoms with van der Waals surface area (Å²) in [6, 6.07) is 4.41. The Morgan fingerprint density at radius 3 is 2.05 bits per heavy atom. The predicted octanol–water partition coefficient (Wildman–Crippen LogP) is 4.32. The van der Waals surface area contributed by atoms with Crippen molar-refractivity contribution in [1.29, 1.82) is 0 Å². The van der Waals surface area contributed by atoms with Crippen molar-refractivity contribution < 1.29 is 26.3 Å². The number of benzene rings is 1. The largest absolute Gasteiger partial charge is 0.402 e. The molecule has 1 unspecified atom stereocenters. The zero-order valence-electron chi connectivity index (χ0n) is 10.3. The second kappa shape index (κ2) is 6.34. The summed E-state index contributed by atoms with van der Waals surface area (Å²) in [5.74, 6) is -3.40. The Morgan fingerprint density at radius 2 is 1.65 bits per heavy atom. The molecular weight excluding hydrogens is 352 g/mol. The van der Waals surface area contributed by atoms with Gasteiger partial charge in [-0.05, 0) is 31.2 Å². The first-order chi connectivity index (χ1) is 9.05. The lowest BCUT2D eigenvalue weighted by atomic mass is 9.92. The Bertz CT molecular complexity index is 428. The molecule has 0 fully saturated rings. The number of likely N-dealkylation sites (N-methyl/N-ethyl adjacent to an activating group) is 1. The number of nitrogens with one attached hydrogen (secondary N) is 1. The van der Waals surface area contributed by atoms with Crippen LogP contribution in [0.2, 0.25) is 0 Å². The third-order valence-corrected chi connectivity index (χ3v) is 3.32. The van der Waals surface area contributed by atoms with Crippen molar-refractivity contribution >= 4 is 15.9 Å². The van der Waals surface area contributed by atoms with Gasteiger partial charge in [0.05, 0.1) is 0 Å². The van der Waals surface area contributed by atoms with Crippen molar-refractivity contribution in [2.24, 2.45) is 5.92 Å². The summed E-state index contributed by atoms with van der Waals surface area (Å²) in [6.07, 6.45) is -11.1. The van der Waals surface area contributed by atoms with Crippen LogP contribution in [0.25, 0.3) is 0 Å². The summed E-state index contributed by atoms with van der Waals surface area (Å²) < 4.78 is 76.6. The Balaban J connectivity index is 3.03. The Hall–Kier alpha value is -0.760. The van der Waals surface area contributed by atoms with Crippen LogP contribution in [0.5, 0.6) is 0 Å². The molecule has 0 aromatic heterocycles. The minimum Gasteiger partial charge on any atom is -0.316 e. The molecule has 8 heteroatoms. The molecule has 0 bridgehead atoms. The standard InChI is InChI=1S/C12H12BrF6N/c1-20-9(6-7-3-2-4-8(13)5-7)10(11(14,15)16)12(17,18)19/h2-5,9-10,20H,6H2,1H3. The van der Waals surface area contributed by atoms with Crippen LogP contribution in [-0.2, 0) is 6.42 Å². The van der Waals surface area contributed by atoms with E-state index in [1.807, 2.05) is 0 Å². The average molecular weight is 364 g/mol. The molecule has 0 heterocycles. The monoisotopic (exact) mass is 363 g/mol. The lowest BCUT2D eigenvalue weighted by Crippen LogP contribution is -2.51. The summed E-state index contributed by atoms with van der Waals surface area (Å²) in [5.41, 5.74) is 0.386. The fourth-order valence-electron chi connectivity index (χ4n) is 1.95. The molecule has 1 aromatic rings. The molecule has 0 saturated heterocycles. The van der Waals surface area contributed by atoms with Crippen LogP contribution < -0.4 is 5.32 Å². The second-order valence-electron chi connectivity index (χ2n) is 4.29. The molecule has 0 spiro atoms. The van der Waals surface area contributed by atoms with Gasteiger partial charge in [0.15, 0.2) is 5.92 Å². The molecule has 1 rings (SSSR count). The third-order valence-electron chi connectivity index (χ3n) is 2.82. The minimum atomic E-state index is -5.35. The molecule has 1 atom stereocenters. The van der Waals surface area contributed by atoms with E-state index in [-0.39, 0.29) is 6.42 Å². The van der Waals surface area contributed by atoms with E-state index in [9.17, 15) is 26.3 Å². The number of hydrogen-bond donors (Lipinski definition) is 1. The number of hydrogen-bond acceptors (Lipinski definition) is 1. The lowest BCUT2D eigenvalue weighted by Gasteiger charge is -2.30. The SMILES string of the molecule is CNC(Cc1cccc(Br)c1)C(C(F)(F)F)C(F)(F)F. The van der Waals surface area contributed by atoms with Crippen LogP contribution in [-0.4, -0.2) is 25.4 Å². The summed E-state index contributed by atoms with van der Waals surface area (Å²) in [7, 11) is 1.09. The predicted molar refractivity (Wildman–Crippen MR) is 66.3 cm³/mol. The van der Waals surface area contributed by atoms with Crippen molar-refractivity contribution in [1.82, 2.24) is 5.32 Å². The van der Waals surface area contributed by atoms with E-state index in [4.69, 9.17) is 0 Å². The Kier molecular flexibility index (Phi) is 5.48. The highest BCUT2D eigenvalue weighted by molar-refractivity contribution is 9.10. The normalized spacial score (nSPS) is 14.7. The van der Waals surface area contributed by atoms with Gasteiger partial charge in [-0.15, -0.1) is 0 Å². The first-order valence-electron chi connectivity index (χ1n) is 5.61. The van der Waals surface area contributed by atoms with E-state index >= 15 is 0 Å². The summed E-state index contributed by atoms with van der Waals surface area (Å²) in [5, 5.41) is 2.13. The van der Waals surface area contributed by atoms with Gasteiger partial charge in [0, 0.05) is 10.5 Å². The highest BCUT2D eigenvalue weighted by Gasteiger charge is 2.59. The molecule has 1 nitrogen and oxygen atoms in total. The minimum absolute atomic E-state index is 0.375. The fraction of sp³-hybridized carbons (Fsp3) is 0.500. The highest BCUT2D eigenvalue weighted by atomic mass is 79.9. The van der Waals surface area contributed by atoms with Crippen LogP contribution in [0.4, 0.5) is 26.3 Å². The van der Waals surface area contributed by atoms with E-state index in [0.717, 1.165) is 7.05 Å².